The van der Waals surface area contributed by atoms with Crippen molar-refractivity contribution in [3.8, 4) is 6.07 Å². The second-order valence-corrected chi connectivity index (χ2v) is 4.60. The average Bonchev–Trinajstić information content (AvgIpc) is 2.48. The zero-order valence-electron chi connectivity index (χ0n) is 11.8. The molecule has 1 heterocycles. The Labute approximate surface area is 119 Å². The van der Waals surface area contributed by atoms with Crippen LogP contribution in [-0.4, -0.2) is 18.6 Å². The Bertz CT molecular complexity index is 616. The maximum Gasteiger partial charge on any atom is 0.127 e. The van der Waals surface area contributed by atoms with E-state index in [0.717, 1.165) is 30.2 Å². The molecule has 0 fully saturated rings. The topological polar surface area (TPSA) is 52.0 Å². The van der Waals surface area contributed by atoms with E-state index in [1.807, 2.05) is 50.4 Å². The summed E-state index contributed by atoms with van der Waals surface area (Å²) in [5.74, 6) is 0.877. The van der Waals surface area contributed by atoms with Gasteiger partial charge in [-0.1, -0.05) is 12.1 Å². The predicted octanol–water partition coefficient (Wildman–Crippen LogP) is 3.02. The van der Waals surface area contributed by atoms with Gasteiger partial charge in [0, 0.05) is 38.1 Å². The quantitative estimate of drug-likeness (QED) is 0.903. The second-order valence-electron chi connectivity index (χ2n) is 4.60. The van der Waals surface area contributed by atoms with Crippen LogP contribution < -0.4 is 10.2 Å². The Morgan fingerprint density at radius 1 is 1.30 bits per heavy atom. The highest BCUT2D eigenvalue weighted by Crippen LogP contribution is 2.18. The first kappa shape index (κ1) is 13.9. The van der Waals surface area contributed by atoms with E-state index in [0.29, 0.717) is 5.56 Å². The molecule has 20 heavy (non-hydrogen) atoms. The number of aromatic nitrogens is 1. The maximum atomic E-state index is 8.93. The number of hydrogen-bond donors (Lipinski definition) is 1. The lowest BCUT2D eigenvalue weighted by Gasteiger charge is -2.20. The summed E-state index contributed by atoms with van der Waals surface area (Å²) in [5, 5.41) is 12.1. The molecule has 1 aromatic heterocycles. The zero-order chi connectivity index (χ0) is 14.4. The van der Waals surface area contributed by atoms with E-state index in [-0.39, 0.29) is 0 Å². The van der Waals surface area contributed by atoms with Crippen LogP contribution in [0.1, 0.15) is 18.1 Å². The van der Waals surface area contributed by atoms with Crippen molar-refractivity contribution in [3.63, 3.8) is 0 Å². The second kappa shape index (κ2) is 6.58. The molecular weight excluding hydrogens is 248 g/mol. The van der Waals surface area contributed by atoms with Crippen molar-refractivity contribution in [1.82, 2.24) is 4.98 Å². The van der Waals surface area contributed by atoms with Crippen LogP contribution in [0.5, 0.6) is 0 Å². The van der Waals surface area contributed by atoms with Gasteiger partial charge in [-0.2, -0.15) is 5.26 Å². The molecule has 0 unspecified atom stereocenters. The Hall–Kier alpha value is -2.54. The molecule has 0 atom stereocenters. The third-order valence-corrected chi connectivity index (χ3v) is 3.02. The molecule has 102 valence electrons. The van der Waals surface area contributed by atoms with Crippen LogP contribution >= 0.6 is 0 Å². The lowest BCUT2D eigenvalue weighted by atomic mass is 10.1. The Morgan fingerprint density at radius 3 is 2.90 bits per heavy atom. The van der Waals surface area contributed by atoms with Crippen LogP contribution in [0.15, 0.2) is 42.6 Å². The van der Waals surface area contributed by atoms with Gasteiger partial charge in [0.1, 0.15) is 5.82 Å². The highest BCUT2D eigenvalue weighted by Gasteiger charge is 2.04. The molecular formula is C16H18N4. The standard InChI is InChI=1S/C16H18N4/c1-3-18-16-10-15(7-8-19-16)20(2)12-14-6-4-5-13(9-14)11-17/h4-10H,3,12H2,1-2H3,(H,18,19). The first-order valence-corrected chi connectivity index (χ1v) is 6.63. The largest absolute Gasteiger partial charge is 0.370 e. The molecule has 2 aromatic rings. The molecule has 0 radical (unpaired) electrons. The van der Waals surface area contributed by atoms with Gasteiger partial charge < -0.3 is 10.2 Å². The van der Waals surface area contributed by atoms with Gasteiger partial charge in [0.15, 0.2) is 0 Å². The monoisotopic (exact) mass is 266 g/mol. The Morgan fingerprint density at radius 2 is 2.15 bits per heavy atom. The van der Waals surface area contributed by atoms with Crippen LogP contribution in [0.25, 0.3) is 0 Å². The number of pyridine rings is 1. The van der Waals surface area contributed by atoms with Gasteiger partial charge in [0.05, 0.1) is 11.6 Å². The van der Waals surface area contributed by atoms with E-state index in [4.69, 9.17) is 5.26 Å². The van der Waals surface area contributed by atoms with E-state index in [1.54, 1.807) is 6.20 Å². The summed E-state index contributed by atoms with van der Waals surface area (Å²) in [7, 11) is 2.03. The van der Waals surface area contributed by atoms with Crippen molar-refractivity contribution in [2.24, 2.45) is 0 Å². The van der Waals surface area contributed by atoms with Crippen LogP contribution in [0.2, 0.25) is 0 Å². The SMILES string of the molecule is CCNc1cc(N(C)Cc2cccc(C#N)c2)ccn1. The zero-order valence-corrected chi connectivity index (χ0v) is 11.8. The highest BCUT2D eigenvalue weighted by molar-refractivity contribution is 5.53. The molecule has 0 bridgehead atoms. The number of nitrogens with one attached hydrogen (secondary N) is 1. The summed E-state index contributed by atoms with van der Waals surface area (Å²) in [6.45, 7) is 3.65. The first-order valence-electron chi connectivity index (χ1n) is 6.63. The molecule has 0 amide bonds. The lowest BCUT2D eigenvalue weighted by Crippen LogP contribution is -2.16. The van der Waals surface area contributed by atoms with Gasteiger partial charge >= 0.3 is 0 Å². The van der Waals surface area contributed by atoms with Gasteiger partial charge in [-0.25, -0.2) is 4.98 Å². The molecule has 0 spiro atoms. The minimum absolute atomic E-state index is 0.693. The molecule has 1 N–H and O–H groups in total. The fraction of sp³-hybridized carbons (Fsp3) is 0.250. The van der Waals surface area contributed by atoms with Crippen LogP contribution in [0.3, 0.4) is 0 Å². The number of rotatable bonds is 5. The van der Waals surface area contributed by atoms with Gasteiger partial charge in [0.25, 0.3) is 0 Å². The number of hydrogen-bond acceptors (Lipinski definition) is 4. The normalized spacial score (nSPS) is 9.85. The van der Waals surface area contributed by atoms with E-state index >= 15 is 0 Å². The van der Waals surface area contributed by atoms with Crippen molar-refractivity contribution < 1.29 is 0 Å². The molecule has 1 aromatic carbocycles. The molecule has 0 aliphatic carbocycles. The summed E-state index contributed by atoms with van der Waals surface area (Å²) >= 11 is 0. The summed E-state index contributed by atoms with van der Waals surface area (Å²) in [4.78, 5) is 6.40. The summed E-state index contributed by atoms with van der Waals surface area (Å²) in [5.41, 5.74) is 2.91. The van der Waals surface area contributed by atoms with Crippen molar-refractivity contribution >= 4 is 11.5 Å². The van der Waals surface area contributed by atoms with Crippen molar-refractivity contribution in [3.05, 3.63) is 53.7 Å². The van der Waals surface area contributed by atoms with Crippen molar-refractivity contribution in [1.29, 1.82) is 5.26 Å². The van der Waals surface area contributed by atoms with Crippen LogP contribution in [-0.2, 0) is 6.54 Å². The van der Waals surface area contributed by atoms with E-state index < -0.39 is 0 Å². The molecule has 0 saturated heterocycles. The van der Waals surface area contributed by atoms with Crippen molar-refractivity contribution in [2.45, 2.75) is 13.5 Å². The molecule has 2 rings (SSSR count). The van der Waals surface area contributed by atoms with Gasteiger partial charge in [-0.15, -0.1) is 0 Å². The van der Waals surface area contributed by atoms with E-state index in [1.165, 1.54) is 0 Å². The molecule has 0 aliphatic rings. The summed E-state index contributed by atoms with van der Waals surface area (Å²) in [6.07, 6.45) is 1.80. The third kappa shape index (κ3) is 3.48. The minimum Gasteiger partial charge on any atom is -0.370 e. The van der Waals surface area contributed by atoms with Gasteiger partial charge in [-0.05, 0) is 30.7 Å². The molecule has 0 saturated carbocycles. The van der Waals surface area contributed by atoms with E-state index in [2.05, 4.69) is 21.3 Å². The Balaban J connectivity index is 2.13. The van der Waals surface area contributed by atoms with Gasteiger partial charge in [-0.3, -0.25) is 0 Å². The van der Waals surface area contributed by atoms with Crippen LogP contribution in [0.4, 0.5) is 11.5 Å². The number of benzene rings is 1. The summed E-state index contributed by atoms with van der Waals surface area (Å²) < 4.78 is 0. The number of nitrogens with zero attached hydrogens (tertiary/aromatic N) is 3. The van der Waals surface area contributed by atoms with Crippen LogP contribution in [0, 0.1) is 11.3 Å². The first-order chi connectivity index (χ1) is 9.72. The Kier molecular flexibility index (Phi) is 4.56. The van der Waals surface area contributed by atoms with E-state index in [9.17, 15) is 0 Å². The van der Waals surface area contributed by atoms with Crippen molar-refractivity contribution in [2.75, 3.05) is 23.8 Å². The number of nitriles is 1. The lowest BCUT2D eigenvalue weighted by molar-refractivity contribution is 0.920. The predicted molar refractivity (Wildman–Crippen MR) is 81.7 cm³/mol. The average molecular weight is 266 g/mol. The highest BCUT2D eigenvalue weighted by atomic mass is 15.1. The van der Waals surface area contributed by atoms with Gasteiger partial charge in [0.2, 0.25) is 0 Å². The number of anilines is 2. The fourth-order valence-electron chi connectivity index (χ4n) is 2.04. The maximum absolute atomic E-state index is 8.93. The molecule has 4 nitrogen and oxygen atoms in total. The molecule has 0 aliphatic heterocycles. The third-order valence-electron chi connectivity index (χ3n) is 3.02. The fourth-order valence-corrected chi connectivity index (χ4v) is 2.04. The minimum atomic E-state index is 0.693. The molecule has 4 heteroatoms. The summed E-state index contributed by atoms with van der Waals surface area (Å²) in [6, 6.07) is 13.9. The smallest absolute Gasteiger partial charge is 0.127 e.